The van der Waals surface area contributed by atoms with E-state index in [2.05, 4.69) is 0 Å². The molecule has 0 saturated carbocycles. The smallest absolute Gasteiger partial charge is 0.305 e. The van der Waals surface area contributed by atoms with Crippen molar-refractivity contribution < 1.29 is 17.0 Å². The molecule has 0 aromatic heterocycles. The predicted octanol–water partition coefficient (Wildman–Crippen LogP) is 1.10. The van der Waals surface area contributed by atoms with Crippen LogP contribution in [-0.2, 0) is 15.0 Å². The zero-order chi connectivity index (χ0) is 9.12. The molecular weight excluding hydrogens is 171 g/mol. The molecule has 0 amide bonds. The van der Waals surface area contributed by atoms with Crippen LogP contribution >= 0.6 is 0 Å². The normalized spacial score (nSPS) is 17.8. The van der Waals surface area contributed by atoms with Crippen LogP contribution < -0.4 is 0 Å². The van der Waals surface area contributed by atoms with Gasteiger partial charge in [-0.3, -0.25) is 0 Å². The van der Waals surface area contributed by atoms with Gasteiger partial charge in [0, 0.05) is 7.11 Å². The predicted molar refractivity (Wildman–Crippen MR) is 40.6 cm³/mol. The van der Waals surface area contributed by atoms with Gasteiger partial charge in [0.1, 0.15) is 5.75 Å². The minimum Gasteiger partial charge on any atom is -0.377 e. The van der Waals surface area contributed by atoms with Gasteiger partial charge in [0.25, 0.3) is 0 Å². The lowest BCUT2D eigenvalue weighted by molar-refractivity contribution is 0.0219. The van der Waals surface area contributed by atoms with E-state index in [0.29, 0.717) is 6.42 Å². The van der Waals surface area contributed by atoms with E-state index in [1.165, 1.54) is 7.11 Å². The Labute approximate surface area is 66.8 Å². The maximum Gasteiger partial charge on any atom is 0.305 e. The molecule has 11 heavy (non-hydrogen) atoms. The number of halogens is 1. The Bertz CT molecular complexity index is 206. The molecule has 0 aliphatic rings. The third kappa shape index (κ3) is 4.31. The first-order chi connectivity index (χ1) is 4.83. The van der Waals surface area contributed by atoms with Gasteiger partial charge in [-0.25, -0.2) is 0 Å². The summed E-state index contributed by atoms with van der Waals surface area (Å²) in [6.07, 6.45) is 0.465. The van der Waals surface area contributed by atoms with Crippen molar-refractivity contribution in [3.8, 4) is 0 Å². The van der Waals surface area contributed by atoms with E-state index >= 15 is 0 Å². The highest BCUT2D eigenvalue weighted by atomic mass is 32.3. The van der Waals surface area contributed by atoms with E-state index in [4.69, 9.17) is 4.74 Å². The summed E-state index contributed by atoms with van der Waals surface area (Å²) in [7, 11) is -3.06. The summed E-state index contributed by atoms with van der Waals surface area (Å²) in [4.78, 5) is 0. The molecule has 0 spiro atoms. The molecule has 68 valence electrons. The van der Waals surface area contributed by atoms with Crippen molar-refractivity contribution >= 4 is 10.2 Å². The molecule has 0 N–H and O–H groups in total. The topological polar surface area (TPSA) is 43.4 Å². The molecular formula is C6H13FO3S. The molecule has 0 saturated heterocycles. The second-order valence-electron chi connectivity index (χ2n) is 2.69. The van der Waals surface area contributed by atoms with E-state index in [-0.39, 0.29) is 0 Å². The van der Waals surface area contributed by atoms with E-state index in [0.717, 1.165) is 0 Å². The van der Waals surface area contributed by atoms with Gasteiger partial charge in [0.15, 0.2) is 0 Å². The maximum absolute atomic E-state index is 12.2. The zero-order valence-corrected chi connectivity index (χ0v) is 7.74. The third-order valence-corrected chi connectivity index (χ3v) is 2.67. The highest BCUT2D eigenvalue weighted by Crippen LogP contribution is 2.17. The second-order valence-corrected chi connectivity index (χ2v) is 4.06. The Morgan fingerprint density at radius 3 is 2.09 bits per heavy atom. The van der Waals surface area contributed by atoms with Crippen molar-refractivity contribution in [2.45, 2.75) is 25.9 Å². The minimum absolute atomic E-state index is 0.465. The summed E-state index contributed by atoms with van der Waals surface area (Å²) in [5.41, 5.74) is -0.895. The van der Waals surface area contributed by atoms with Crippen LogP contribution in [0.25, 0.3) is 0 Å². The summed E-state index contributed by atoms with van der Waals surface area (Å²) in [5, 5.41) is 0. The van der Waals surface area contributed by atoms with Crippen LogP contribution in [0.2, 0.25) is 0 Å². The Kier molecular flexibility index (Phi) is 3.44. The number of rotatable bonds is 4. The SMILES string of the molecule is CCC(C)(CS(=O)(=O)F)OC. The highest BCUT2D eigenvalue weighted by Gasteiger charge is 2.28. The van der Waals surface area contributed by atoms with Crippen LogP contribution in [0.15, 0.2) is 0 Å². The monoisotopic (exact) mass is 184 g/mol. The Balaban J connectivity index is 4.32. The number of ether oxygens (including phenoxy) is 1. The molecule has 5 heteroatoms. The Hall–Kier alpha value is -0.160. The van der Waals surface area contributed by atoms with Crippen LogP contribution in [0.1, 0.15) is 20.3 Å². The molecule has 0 fully saturated rings. The van der Waals surface area contributed by atoms with E-state index in [9.17, 15) is 12.3 Å². The first kappa shape index (κ1) is 10.8. The molecule has 0 radical (unpaired) electrons. The summed E-state index contributed by atoms with van der Waals surface area (Å²) >= 11 is 0. The molecule has 0 bridgehead atoms. The average molecular weight is 184 g/mol. The van der Waals surface area contributed by atoms with Crippen molar-refractivity contribution in [1.82, 2.24) is 0 Å². The first-order valence-corrected chi connectivity index (χ1v) is 4.86. The lowest BCUT2D eigenvalue weighted by Crippen LogP contribution is -2.33. The molecule has 3 nitrogen and oxygen atoms in total. The molecule has 0 heterocycles. The molecule has 0 aromatic carbocycles. The van der Waals surface area contributed by atoms with Gasteiger partial charge in [-0.1, -0.05) is 6.92 Å². The van der Waals surface area contributed by atoms with Crippen LogP contribution in [0.5, 0.6) is 0 Å². The van der Waals surface area contributed by atoms with Gasteiger partial charge in [-0.05, 0) is 13.3 Å². The Morgan fingerprint density at radius 1 is 1.55 bits per heavy atom. The highest BCUT2D eigenvalue weighted by molar-refractivity contribution is 7.86. The summed E-state index contributed by atoms with van der Waals surface area (Å²) < 4.78 is 37.4. The van der Waals surface area contributed by atoms with Crippen molar-refractivity contribution in [3.63, 3.8) is 0 Å². The van der Waals surface area contributed by atoms with Crippen LogP contribution in [0.3, 0.4) is 0 Å². The van der Waals surface area contributed by atoms with Gasteiger partial charge in [0.2, 0.25) is 0 Å². The number of hydrogen-bond acceptors (Lipinski definition) is 3. The fraction of sp³-hybridized carbons (Fsp3) is 1.00. The third-order valence-electron chi connectivity index (χ3n) is 1.72. The van der Waals surface area contributed by atoms with E-state index in [1.54, 1.807) is 13.8 Å². The number of hydrogen-bond donors (Lipinski definition) is 0. The molecule has 0 rings (SSSR count). The zero-order valence-electron chi connectivity index (χ0n) is 6.93. The van der Waals surface area contributed by atoms with Gasteiger partial charge < -0.3 is 4.74 Å². The second kappa shape index (κ2) is 3.49. The van der Waals surface area contributed by atoms with Gasteiger partial charge in [-0.15, -0.1) is 3.89 Å². The number of methoxy groups -OCH3 is 1. The lowest BCUT2D eigenvalue weighted by atomic mass is 10.1. The molecule has 1 unspecified atom stereocenters. The van der Waals surface area contributed by atoms with Crippen molar-refractivity contribution in [3.05, 3.63) is 0 Å². The largest absolute Gasteiger partial charge is 0.377 e. The average Bonchev–Trinajstić information content (AvgIpc) is 1.84. The fourth-order valence-corrected chi connectivity index (χ4v) is 1.72. The molecule has 0 aliphatic carbocycles. The minimum atomic E-state index is -4.43. The van der Waals surface area contributed by atoms with Gasteiger partial charge in [-0.2, -0.15) is 8.42 Å². The fourth-order valence-electron chi connectivity index (χ4n) is 0.670. The molecule has 0 aromatic rings. The summed E-state index contributed by atoms with van der Waals surface area (Å²) in [5.74, 6) is -0.576. The first-order valence-electron chi connectivity index (χ1n) is 3.30. The lowest BCUT2D eigenvalue weighted by Gasteiger charge is -2.23. The quantitative estimate of drug-likeness (QED) is 0.614. The maximum atomic E-state index is 12.2. The van der Waals surface area contributed by atoms with Crippen molar-refractivity contribution in [2.75, 3.05) is 12.9 Å². The Morgan fingerprint density at radius 2 is 2.00 bits per heavy atom. The van der Waals surface area contributed by atoms with Gasteiger partial charge in [0.05, 0.1) is 5.60 Å². The van der Waals surface area contributed by atoms with Crippen LogP contribution in [0.4, 0.5) is 3.89 Å². The summed E-state index contributed by atoms with van der Waals surface area (Å²) in [6, 6.07) is 0. The van der Waals surface area contributed by atoms with E-state index in [1.807, 2.05) is 0 Å². The molecule has 1 atom stereocenters. The van der Waals surface area contributed by atoms with E-state index < -0.39 is 21.6 Å². The van der Waals surface area contributed by atoms with Crippen LogP contribution in [-0.4, -0.2) is 26.9 Å². The summed E-state index contributed by atoms with van der Waals surface area (Å²) in [6.45, 7) is 3.30. The van der Waals surface area contributed by atoms with Crippen LogP contribution in [0, 0.1) is 0 Å². The molecule has 0 aliphatic heterocycles. The van der Waals surface area contributed by atoms with Crippen molar-refractivity contribution in [1.29, 1.82) is 0 Å². The van der Waals surface area contributed by atoms with Gasteiger partial charge >= 0.3 is 10.2 Å². The standard InChI is InChI=1S/C6H13FO3S/c1-4-6(2,10-3)5-11(7,8)9/h4-5H2,1-3H3. The van der Waals surface area contributed by atoms with Crippen molar-refractivity contribution in [2.24, 2.45) is 0 Å².